The fourth-order valence-corrected chi connectivity index (χ4v) is 4.19. The molecule has 2 heterocycles. The van der Waals surface area contributed by atoms with Crippen LogP contribution >= 0.6 is 0 Å². The first kappa shape index (κ1) is 12.7. The predicted molar refractivity (Wildman–Crippen MR) is 79.3 cm³/mol. The van der Waals surface area contributed by atoms with Crippen LogP contribution in [-0.2, 0) is 6.54 Å². The summed E-state index contributed by atoms with van der Waals surface area (Å²) in [4.78, 5) is 5.19. The van der Waals surface area contributed by atoms with Crippen molar-refractivity contribution in [3.05, 3.63) is 36.3 Å². The van der Waals surface area contributed by atoms with Crippen molar-refractivity contribution < 1.29 is 4.42 Å². The van der Waals surface area contributed by atoms with Crippen LogP contribution in [0.25, 0.3) is 0 Å². The summed E-state index contributed by atoms with van der Waals surface area (Å²) in [6, 6.07) is 4.06. The minimum Gasteiger partial charge on any atom is -0.468 e. The molecule has 2 bridgehead atoms. The van der Waals surface area contributed by atoms with Gasteiger partial charge in [-0.15, -0.1) is 0 Å². The van der Waals surface area contributed by atoms with Crippen LogP contribution in [0.4, 0.5) is 0 Å². The van der Waals surface area contributed by atoms with Crippen molar-refractivity contribution in [1.29, 1.82) is 0 Å². The Kier molecular flexibility index (Phi) is 3.41. The van der Waals surface area contributed by atoms with E-state index in [1.807, 2.05) is 6.07 Å². The molecule has 0 aromatic carbocycles. The fraction of sp³-hybridized carbons (Fsp3) is 0.647. The van der Waals surface area contributed by atoms with Gasteiger partial charge in [-0.1, -0.05) is 12.2 Å². The first-order chi connectivity index (χ1) is 9.87. The number of hydrogen-bond donors (Lipinski definition) is 0. The molecule has 1 aromatic rings. The van der Waals surface area contributed by atoms with Crippen molar-refractivity contribution in [2.45, 2.75) is 19.4 Å². The average molecular weight is 272 g/mol. The molecule has 20 heavy (non-hydrogen) atoms. The van der Waals surface area contributed by atoms with Crippen LogP contribution in [0.3, 0.4) is 0 Å². The van der Waals surface area contributed by atoms with Gasteiger partial charge in [0.25, 0.3) is 0 Å². The molecule has 0 N–H and O–H groups in total. The van der Waals surface area contributed by atoms with Gasteiger partial charge in [0.2, 0.25) is 0 Å². The van der Waals surface area contributed by atoms with Gasteiger partial charge in [0.1, 0.15) is 5.76 Å². The number of allylic oxidation sites excluding steroid dienone is 2. The zero-order chi connectivity index (χ0) is 13.4. The predicted octanol–water partition coefficient (Wildman–Crippen LogP) is 2.61. The lowest BCUT2D eigenvalue weighted by Gasteiger charge is -2.36. The van der Waals surface area contributed by atoms with E-state index in [1.165, 1.54) is 45.6 Å². The molecule has 2 aliphatic carbocycles. The van der Waals surface area contributed by atoms with Gasteiger partial charge in [-0.2, -0.15) is 0 Å². The Labute approximate surface area is 121 Å². The lowest BCUT2D eigenvalue weighted by molar-refractivity contribution is 0.103. The van der Waals surface area contributed by atoms with E-state index < -0.39 is 0 Å². The normalized spacial score (nSPS) is 34.1. The Morgan fingerprint density at radius 3 is 2.55 bits per heavy atom. The maximum absolute atomic E-state index is 5.44. The van der Waals surface area contributed by atoms with Crippen molar-refractivity contribution in [2.24, 2.45) is 17.8 Å². The maximum Gasteiger partial charge on any atom is 0.117 e. The fourth-order valence-electron chi connectivity index (χ4n) is 4.19. The quantitative estimate of drug-likeness (QED) is 0.786. The summed E-state index contributed by atoms with van der Waals surface area (Å²) in [7, 11) is 0. The molecule has 0 spiro atoms. The molecule has 1 aromatic heterocycles. The SMILES string of the molecule is C1=CC2CC1CC2CN1CCN(Cc2ccco2)CC1. The topological polar surface area (TPSA) is 19.6 Å². The van der Waals surface area contributed by atoms with Gasteiger partial charge in [0, 0.05) is 32.7 Å². The Balaban J connectivity index is 1.24. The van der Waals surface area contributed by atoms with Crippen molar-refractivity contribution in [3.8, 4) is 0 Å². The highest BCUT2D eigenvalue weighted by Gasteiger charge is 2.36. The molecule has 0 radical (unpaired) electrons. The van der Waals surface area contributed by atoms with Crippen molar-refractivity contribution in [1.82, 2.24) is 9.80 Å². The zero-order valence-corrected chi connectivity index (χ0v) is 12.1. The summed E-state index contributed by atoms with van der Waals surface area (Å²) in [5.41, 5.74) is 0. The van der Waals surface area contributed by atoms with Crippen molar-refractivity contribution in [2.75, 3.05) is 32.7 Å². The van der Waals surface area contributed by atoms with Gasteiger partial charge >= 0.3 is 0 Å². The number of hydrogen-bond acceptors (Lipinski definition) is 3. The highest BCUT2D eigenvalue weighted by molar-refractivity contribution is 5.10. The third kappa shape index (κ3) is 2.57. The Morgan fingerprint density at radius 1 is 1.05 bits per heavy atom. The summed E-state index contributed by atoms with van der Waals surface area (Å²) >= 11 is 0. The van der Waals surface area contributed by atoms with E-state index in [1.54, 1.807) is 6.26 Å². The largest absolute Gasteiger partial charge is 0.468 e. The molecule has 3 unspecified atom stereocenters. The monoisotopic (exact) mass is 272 g/mol. The number of piperazine rings is 1. The third-order valence-electron chi connectivity index (χ3n) is 5.33. The van der Waals surface area contributed by atoms with Gasteiger partial charge in [0.15, 0.2) is 0 Å². The van der Waals surface area contributed by atoms with E-state index in [0.29, 0.717) is 0 Å². The van der Waals surface area contributed by atoms with Gasteiger partial charge in [-0.05, 0) is 42.7 Å². The van der Waals surface area contributed by atoms with Crippen LogP contribution in [0.2, 0.25) is 0 Å². The van der Waals surface area contributed by atoms with Gasteiger partial charge < -0.3 is 9.32 Å². The molecule has 3 heteroatoms. The van der Waals surface area contributed by atoms with E-state index in [-0.39, 0.29) is 0 Å². The van der Waals surface area contributed by atoms with Gasteiger partial charge in [-0.3, -0.25) is 4.90 Å². The van der Waals surface area contributed by atoms with Crippen LogP contribution in [0.1, 0.15) is 18.6 Å². The molecule has 108 valence electrons. The lowest BCUT2D eigenvalue weighted by Crippen LogP contribution is -2.47. The standard InChI is InChI=1S/C17H24N2O/c1-2-17(20-9-1)13-19-7-5-18(6-8-19)12-16-11-14-3-4-15(16)10-14/h1-4,9,14-16H,5-8,10-13H2. The molecule has 1 aliphatic heterocycles. The van der Waals surface area contributed by atoms with E-state index >= 15 is 0 Å². The Morgan fingerprint density at radius 2 is 1.90 bits per heavy atom. The summed E-state index contributed by atoms with van der Waals surface area (Å²) in [6.07, 6.45) is 9.57. The molecule has 3 nitrogen and oxygen atoms in total. The molecule has 1 saturated carbocycles. The number of furan rings is 1. The smallest absolute Gasteiger partial charge is 0.117 e. The van der Waals surface area contributed by atoms with Crippen LogP contribution in [0, 0.1) is 17.8 Å². The van der Waals surface area contributed by atoms with E-state index in [4.69, 9.17) is 4.42 Å². The maximum atomic E-state index is 5.44. The second-order valence-electron chi connectivity index (χ2n) is 6.70. The van der Waals surface area contributed by atoms with Crippen molar-refractivity contribution in [3.63, 3.8) is 0 Å². The molecule has 0 amide bonds. The summed E-state index contributed by atoms with van der Waals surface area (Å²) < 4.78 is 5.44. The van der Waals surface area contributed by atoms with Crippen molar-refractivity contribution >= 4 is 0 Å². The number of nitrogens with zero attached hydrogens (tertiary/aromatic N) is 2. The molecular formula is C17H24N2O. The molecular weight excluding hydrogens is 248 g/mol. The van der Waals surface area contributed by atoms with E-state index in [2.05, 4.69) is 28.0 Å². The summed E-state index contributed by atoms with van der Waals surface area (Å²) in [5, 5.41) is 0. The first-order valence-corrected chi connectivity index (χ1v) is 8.02. The zero-order valence-electron chi connectivity index (χ0n) is 12.1. The highest BCUT2D eigenvalue weighted by atomic mass is 16.3. The average Bonchev–Trinajstić information content (AvgIpc) is 3.18. The Hall–Kier alpha value is -1.06. The van der Waals surface area contributed by atoms with E-state index in [0.717, 1.165) is 30.1 Å². The first-order valence-electron chi connectivity index (χ1n) is 8.02. The summed E-state index contributed by atoms with van der Waals surface area (Å²) in [5.74, 6) is 3.82. The minimum absolute atomic E-state index is 0.890. The highest BCUT2D eigenvalue weighted by Crippen LogP contribution is 2.43. The number of fused-ring (bicyclic) bond motifs is 2. The lowest BCUT2D eigenvalue weighted by atomic mass is 9.93. The van der Waals surface area contributed by atoms with Gasteiger partial charge in [0.05, 0.1) is 12.8 Å². The van der Waals surface area contributed by atoms with Crippen LogP contribution in [-0.4, -0.2) is 42.5 Å². The Bertz CT molecular complexity index is 459. The molecule has 2 fully saturated rings. The van der Waals surface area contributed by atoms with E-state index in [9.17, 15) is 0 Å². The second-order valence-corrected chi connectivity index (χ2v) is 6.70. The van der Waals surface area contributed by atoms with Crippen LogP contribution in [0.5, 0.6) is 0 Å². The molecule has 3 atom stereocenters. The minimum atomic E-state index is 0.890. The van der Waals surface area contributed by atoms with Crippen LogP contribution in [0.15, 0.2) is 35.0 Å². The molecule has 1 saturated heterocycles. The molecule has 3 aliphatic rings. The van der Waals surface area contributed by atoms with Crippen LogP contribution < -0.4 is 0 Å². The third-order valence-corrected chi connectivity index (χ3v) is 5.33. The second kappa shape index (κ2) is 5.38. The summed E-state index contributed by atoms with van der Waals surface area (Å²) in [6.45, 7) is 7.09. The van der Waals surface area contributed by atoms with Gasteiger partial charge in [-0.25, -0.2) is 0 Å². The number of rotatable bonds is 4. The molecule has 4 rings (SSSR count).